The van der Waals surface area contributed by atoms with Crippen LogP contribution in [0.2, 0.25) is 0 Å². The van der Waals surface area contributed by atoms with Crippen LogP contribution in [0.15, 0.2) is 0 Å². The molecule has 4 nitrogen and oxygen atoms in total. The van der Waals surface area contributed by atoms with Crippen LogP contribution >= 0.6 is 0 Å². The normalized spacial score (nSPS) is 33.5. The van der Waals surface area contributed by atoms with E-state index in [9.17, 15) is 4.79 Å². The lowest BCUT2D eigenvalue weighted by Gasteiger charge is -2.19. The van der Waals surface area contributed by atoms with Crippen molar-refractivity contribution in [2.24, 2.45) is 5.92 Å². The molecule has 2 saturated heterocycles. The van der Waals surface area contributed by atoms with Crippen LogP contribution in [0.1, 0.15) is 6.42 Å². The van der Waals surface area contributed by atoms with Crippen LogP contribution in [0.5, 0.6) is 0 Å². The van der Waals surface area contributed by atoms with Crippen LogP contribution in [-0.4, -0.2) is 55.7 Å². The summed E-state index contributed by atoms with van der Waals surface area (Å²) < 4.78 is 4.70. The zero-order chi connectivity index (χ0) is 9.42. The Morgan fingerprint density at radius 1 is 1.46 bits per heavy atom. The van der Waals surface area contributed by atoms with Gasteiger partial charge in [0.25, 0.3) is 0 Å². The molecule has 2 atom stereocenters. The van der Waals surface area contributed by atoms with E-state index in [1.807, 2.05) is 4.90 Å². The van der Waals surface area contributed by atoms with Gasteiger partial charge in [-0.3, -0.25) is 0 Å². The molecule has 13 heavy (non-hydrogen) atoms. The van der Waals surface area contributed by atoms with Gasteiger partial charge in [0.05, 0.1) is 7.11 Å². The molecule has 0 unspecified atom stereocenters. The van der Waals surface area contributed by atoms with E-state index in [4.69, 9.17) is 4.74 Å². The van der Waals surface area contributed by atoms with Gasteiger partial charge < -0.3 is 14.5 Å². The number of carbonyl (C=O) groups is 1. The van der Waals surface area contributed by atoms with Crippen LogP contribution in [-0.2, 0) is 4.74 Å². The lowest BCUT2D eigenvalue weighted by molar-refractivity contribution is 0.127. The molecule has 2 aliphatic heterocycles. The molecular weight excluding hydrogens is 168 g/mol. The summed E-state index contributed by atoms with van der Waals surface area (Å²) in [5.41, 5.74) is 0. The molecule has 0 spiro atoms. The highest BCUT2D eigenvalue weighted by Gasteiger charge is 2.41. The first-order chi connectivity index (χ1) is 6.22. The minimum atomic E-state index is -0.178. The Labute approximate surface area is 78.4 Å². The maximum absolute atomic E-state index is 11.2. The van der Waals surface area contributed by atoms with Crippen molar-refractivity contribution in [1.82, 2.24) is 9.80 Å². The first kappa shape index (κ1) is 8.81. The Morgan fingerprint density at radius 2 is 2.23 bits per heavy atom. The van der Waals surface area contributed by atoms with Crippen molar-refractivity contribution in [1.29, 1.82) is 0 Å². The van der Waals surface area contributed by atoms with Crippen molar-refractivity contribution in [3.05, 3.63) is 0 Å². The van der Waals surface area contributed by atoms with Crippen molar-refractivity contribution in [3.8, 4) is 0 Å². The average Bonchev–Trinajstić information content (AvgIpc) is 2.67. The fraction of sp³-hybridized carbons (Fsp3) is 0.889. The molecule has 2 fully saturated rings. The van der Waals surface area contributed by atoms with Crippen LogP contribution < -0.4 is 0 Å². The van der Waals surface area contributed by atoms with Gasteiger partial charge in [-0.1, -0.05) is 0 Å². The maximum Gasteiger partial charge on any atom is 0.409 e. The predicted molar refractivity (Wildman–Crippen MR) is 48.5 cm³/mol. The van der Waals surface area contributed by atoms with Crippen LogP contribution in [0, 0.1) is 5.92 Å². The smallest absolute Gasteiger partial charge is 0.409 e. The fourth-order valence-electron chi connectivity index (χ4n) is 2.45. The quantitative estimate of drug-likeness (QED) is 0.546. The van der Waals surface area contributed by atoms with Crippen molar-refractivity contribution >= 4 is 6.09 Å². The summed E-state index contributed by atoms with van der Waals surface area (Å²) >= 11 is 0. The Hall–Kier alpha value is -0.770. The van der Waals surface area contributed by atoms with Gasteiger partial charge >= 0.3 is 6.09 Å². The molecule has 2 rings (SSSR count). The van der Waals surface area contributed by atoms with E-state index in [0.717, 1.165) is 13.1 Å². The van der Waals surface area contributed by atoms with Gasteiger partial charge in [0.2, 0.25) is 0 Å². The van der Waals surface area contributed by atoms with Crippen molar-refractivity contribution in [2.45, 2.75) is 12.5 Å². The number of ether oxygens (including phenoxy) is 1. The first-order valence-corrected chi connectivity index (χ1v) is 4.75. The topological polar surface area (TPSA) is 32.8 Å². The minimum Gasteiger partial charge on any atom is -0.453 e. The number of hydrogen-bond acceptors (Lipinski definition) is 3. The summed E-state index contributed by atoms with van der Waals surface area (Å²) in [4.78, 5) is 15.4. The Kier molecular flexibility index (Phi) is 2.15. The molecule has 0 aromatic rings. The number of likely N-dealkylation sites (tertiary alicyclic amines) is 2. The molecule has 2 heterocycles. The van der Waals surface area contributed by atoms with E-state index in [2.05, 4.69) is 11.9 Å². The summed E-state index contributed by atoms with van der Waals surface area (Å²) in [6.07, 6.45) is 1.04. The molecule has 0 aromatic carbocycles. The lowest BCUT2D eigenvalue weighted by Crippen LogP contribution is -2.34. The van der Waals surface area contributed by atoms with Crippen molar-refractivity contribution < 1.29 is 9.53 Å². The number of methoxy groups -OCH3 is 1. The fourth-order valence-corrected chi connectivity index (χ4v) is 2.45. The number of amides is 1. The molecule has 4 heteroatoms. The molecular formula is C9H16N2O2. The average molecular weight is 184 g/mol. The zero-order valence-electron chi connectivity index (χ0n) is 8.19. The van der Waals surface area contributed by atoms with Crippen LogP contribution in [0.3, 0.4) is 0 Å². The van der Waals surface area contributed by atoms with Crippen molar-refractivity contribution in [3.63, 3.8) is 0 Å². The second kappa shape index (κ2) is 3.18. The summed E-state index contributed by atoms with van der Waals surface area (Å²) in [6.45, 7) is 2.89. The summed E-state index contributed by atoms with van der Waals surface area (Å²) in [7, 11) is 3.57. The highest BCUT2D eigenvalue weighted by atomic mass is 16.5. The largest absolute Gasteiger partial charge is 0.453 e. The number of likely N-dealkylation sites (N-methyl/N-ethyl adjacent to an activating group) is 1. The molecule has 0 bridgehead atoms. The van der Waals surface area contributed by atoms with Gasteiger partial charge in [-0.15, -0.1) is 0 Å². The van der Waals surface area contributed by atoms with Crippen LogP contribution in [0.25, 0.3) is 0 Å². The van der Waals surface area contributed by atoms with E-state index in [1.54, 1.807) is 0 Å². The molecule has 0 radical (unpaired) electrons. The zero-order valence-corrected chi connectivity index (χ0v) is 8.19. The number of carbonyl (C=O) groups excluding carboxylic acids is 1. The second-order valence-electron chi connectivity index (χ2n) is 3.97. The number of hydrogen-bond donors (Lipinski definition) is 0. The highest BCUT2D eigenvalue weighted by Crippen LogP contribution is 2.30. The van der Waals surface area contributed by atoms with E-state index in [-0.39, 0.29) is 6.09 Å². The molecule has 1 amide bonds. The molecule has 0 aliphatic carbocycles. The number of nitrogens with zero attached hydrogens (tertiary/aromatic N) is 2. The minimum absolute atomic E-state index is 0.178. The predicted octanol–water partition coefficient (Wildman–Crippen LogP) is 0.389. The van der Waals surface area contributed by atoms with E-state index in [0.29, 0.717) is 12.0 Å². The molecule has 2 aliphatic rings. The number of rotatable bonds is 0. The van der Waals surface area contributed by atoms with Crippen molar-refractivity contribution in [2.75, 3.05) is 33.8 Å². The van der Waals surface area contributed by atoms with Gasteiger partial charge in [0.15, 0.2) is 0 Å². The first-order valence-electron chi connectivity index (χ1n) is 4.75. The van der Waals surface area contributed by atoms with Gasteiger partial charge in [-0.25, -0.2) is 4.79 Å². The molecule has 0 aromatic heterocycles. The van der Waals surface area contributed by atoms with Gasteiger partial charge in [-0.05, 0) is 25.9 Å². The van der Waals surface area contributed by atoms with Crippen LogP contribution in [0.4, 0.5) is 4.79 Å². The van der Waals surface area contributed by atoms with Gasteiger partial charge in [0, 0.05) is 19.1 Å². The Bertz CT molecular complexity index is 220. The van der Waals surface area contributed by atoms with Gasteiger partial charge in [0.1, 0.15) is 0 Å². The molecule has 0 N–H and O–H groups in total. The van der Waals surface area contributed by atoms with E-state index in [1.165, 1.54) is 20.1 Å². The maximum atomic E-state index is 11.2. The standard InChI is InChI=1S/C9H16N2O2/c1-10-4-3-7-5-11(6-8(7)10)9(12)13-2/h7-8H,3-6H2,1-2H3/t7-,8+/m1/s1. The summed E-state index contributed by atoms with van der Waals surface area (Å²) in [5.74, 6) is 0.670. The number of fused-ring (bicyclic) bond motifs is 1. The molecule has 0 saturated carbocycles. The monoisotopic (exact) mass is 184 g/mol. The third-order valence-electron chi connectivity index (χ3n) is 3.26. The third-order valence-corrected chi connectivity index (χ3v) is 3.26. The highest BCUT2D eigenvalue weighted by molar-refractivity contribution is 5.68. The van der Waals surface area contributed by atoms with Gasteiger partial charge in [-0.2, -0.15) is 0 Å². The Balaban J connectivity index is 1.98. The Morgan fingerprint density at radius 3 is 2.85 bits per heavy atom. The third kappa shape index (κ3) is 1.39. The SMILES string of the molecule is COC(=O)N1C[C@H]2CCN(C)[C@H]2C1. The lowest BCUT2D eigenvalue weighted by atomic mass is 10.1. The van der Waals surface area contributed by atoms with E-state index < -0.39 is 0 Å². The second-order valence-corrected chi connectivity index (χ2v) is 3.97. The summed E-state index contributed by atoms with van der Waals surface area (Å²) in [6, 6.07) is 0.569. The summed E-state index contributed by atoms with van der Waals surface area (Å²) in [5, 5.41) is 0. The van der Waals surface area contributed by atoms with E-state index >= 15 is 0 Å². The molecule has 74 valence electrons.